The monoisotopic (exact) mass is 491 g/mol. The van der Waals surface area contributed by atoms with Gasteiger partial charge in [-0.3, -0.25) is 9.69 Å². The molecule has 0 aromatic heterocycles. The van der Waals surface area contributed by atoms with Crippen molar-refractivity contribution in [2.24, 2.45) is 0 Å². The molecule has 0 spiro atoms. The van der Waals surface area contributed by atoms with Crippen LogP contribution in [-0.4, -0.2) is 42.9 Å². The van der Waals surface area contributed by atoms with Crippen LogP contribution in [0.25, 0.3) is 0 Å². The molecule has 1 aliphatic heterocycles. The Balaban J connectivity index is 1.56. The Morgan fingerprint density at radius 2 is 1.69 bits per heavy atom. The van der Waals surface area contributed by atoms with E-state index in [9.17, 15) is 9.59 Å². The van der Waals surface area contributed by atoms with E-state index < -0.39 is 6.04 Å². The maximum absolute atomic E-state index is 13.6. The SMILES string of the molecule is COc1ccc(CNC(=O)C2CSC(c3ccccc3C)N2C(=O)Nc2ccccc2OC)cc1. The molecule has 0 saturated carbocycles. The number of carbonyl (C=O) groups excluding carboxylic acids is 2. The minimum Gasteiger partial charge on any atom is -0.497 e. The minimum absolute atomic E-state index is 0.195. The van der Waals surface area contributed by atoms with E-state index in [0.29, 0.717) is 23.7 Å². The van der Waals surface area contributed by atoms with Gasteiger partial charge in [0.15, 0.2) is 0 Å². The second-order valence-corrected chi connectivity index (χ2v) is 9.27. The van der Waals surface area contributed by atoms with Crippen LogP contribution in [0.2, 0.25) is 0 Å². The van der Waals surface area contributed by atoms with Crippen LogP contribution in [-0.2, 0) is 11.3 Å². The number of amides is 3. The number of para-hydroxylation sites is 2. The van der Waals surface area contributed by atoms with Crippen LogP contribution < -0.4 is 20.1 Å². The number of anilines is 1. The van der Waals surface area contributed by atoms with Gasteiger partial charge >= 0.3 is 6.03 Å². The molecule has 1 saturated heterocycles. The molecule has 35 heavy (non-hydrogen) atoms. The summed E-state index contributed by atoms with van der Waals surface area (Å²) < 4.78 is 10.6. The lowest BCUT2D eigenvalue weighted by molar-refractivity contribution is -0.124. The number of thioether (sulfide) groups is 1. The van der Waals surface area contributed by atoms with E-state index in [0.717, 1.165) is 22.4 Å². The molecule has 2 unspecified atom stereocenters. The van der Waals surface area contributed by atoms with Gasteiger partial charge in [-0.15, -0.1) is 11.8 Å². The maximum Gasteiger partial charge on any atom is 0.323 e. The number of benzene rings is 3. The fraction of sp³-hybridized carbons (Fsp3) is 0.259. The Bertz CT molecular complexity index is 1190. The summed E-state index contributed by atoms with van der Waals surface area (Å²) in [6.07, 6.45) is 0. The molecule has 7 nitrogen and oxygen atoms in total. The van der Waals surface area contributed by atoms with Gasteiger partial charge in [0.1, 0.15) is 22.9 Å². The van der Waals surface area contributed by atoms with Crippen LogP contribution in [0.5, 0.6) is 11.5 Å². The van der Waals surface area contributed by atoms with Crippen LogP contribution in [0.1, 0.15) is 22.1 Å². The lowest BCUT2D eigenvalue weighted by Crippen LogP contribution is -2.49. The van der Waals surface area contributed by atoms with Gasteiger partial charge in [-0.25, -0.2) is 4.79 Å². The summed E-state index contributed by atoms with van der Waals surface area (Å²) in [5, 5.41) is 5.66. The molecule has 2 N–H and O–H groups in total. The number of hydrogen-bond acceptors (Lipinski definition) is 5. The Hall–Kier alpha value is -3.65. The smallest absolute Gasteiger partial charge is 0.323 e. The molecule has 3 aromatic rings. The Morgan fingerprint density at radius 3 is 2.40 bits per heavy atom. The van der Waals surface area contributed by atoms with Gasteiger partial charge in [0.25, 0.3) is 0 Å². The van der Waals surface area contributed by atoms with Crippen molar-refractivity contribution in [2.75, 3.05) is 25.3 Å². The van der Waals surface area contributed by atoms with E-state index in [-0.39, 0.29) is 17.3 Å². The van der Waals surface area contributed by atoms with Gasteiger partial charge in [0.2, 0.25) is 5.91 Å². The van der Waals surface area contributed by atoms with Crippen molar-refractivity contribution < 1.29 is 19.1 Å². The van der Waals surface area contributed by atoms with E-state index >= 15 is 0 Å². The van der Waals surface area contributed by atoms with Crippen LogP contribution in [0.3, 0.4) is 0 Å². The van der Waals surface area contributed by atoms with Crippen LogP contribution in [0.15, 0.2) is 72.8 Å². The molecular formula is C27H29N3O4S. The number of rotatable bonds is 7. The summed E-state index contributed by atoms with van der Waals surface area (Å²) in [5.41, 5.74) is 3.58. The number of carbonyl (C=O) groups is 2. The van der Waals surface area contributed by atoms with Gasteiger partial charge in [0.05, 0.1) is 19.9 Å². The fourth-order valence-corrected chi connectivity index (χ4v) is 5.56. The van der Waals surface area contributed by atoms with Crippen LogP contribution in [0.4, 0.5) is 10.5 Å². The molecule has 182 valence electrons. The summed E-state index contributed by atoms with van der Waals surface area (Å²) in [6.45, 7) is 2.38. The predicted molar refractivity (Wildman–Crippen MR) is 139 cm³/mol. The Morgan fingerprint density at radius 1 is 0.971 bits per heavy atom. The molecule has 1 fully saturated rings. The van der Waals surface area contributed by atoms with Crippen molar-refractivity contribution in [1.29, 1.82) is 0 Å². The third-order valence-electron chi connectivity index (χ3n) is 5.97. The number of methoxy groups -OCH3 is 2. The highest BCUT2D eigenvalue weighted by molar-refractivity contribution is 7.99. The number of aryl methyl sites for hydroxylation is 1. The first-order valence-electron chi connectivity index (χ1n) is 11.3. The average Bonchev–Trinajstić information content (AvgIpc) is 3.33. The normalized spacial score (nSPS) is 17.1. The molecule has 3 aromatic carbocycles. The first kappa shape index (κ1) is 24.5. The number of ether oxygens (including phenoxy) is 2. The third kappa shape index (κ3) is 5.54. The standard InChI is InChI=1S/C27H29N3O4S/c1-18-8-4-5-9-21(18)26-30(27(32)29-22-10-6-7-11-24(22)34-3)23(17-35-26)25(31)28-16-19-12-14-20(33-2)15-13-19/h4-15,23,26H,16-17H2,1-3H3,(H,28,31)(H,29,32). The molecule has 2 atom stereocenters. The maximum atomic E-state index is 13.6. The molecule has 1 heterocycles. The summed E-state index contributed by atoms with van der Waals surface area (Å²) in [7, 11) is 3.17. The fourth-order valence-electron chi connectivity index (χ4n) is 4.04. The molecule has 4 rings (SSSR count). The summed E-state index contributed by atoms with van der Waals surface area (Å²) in [4.78, 5) is 28.5. The molecule has 3 amide bonds. The summed E-state index contributed by atoms with van der Waals surface area (Å²) >= 11 is 1.59. The van der Waals surface area contributed by atoms with Crippen molar-refractivity contribution >= 4 is 29.4 Å². The topological polar surface area (TPSA) is 79.9 Å². The highest BCUT2D eigenvalue weighted by Gasteiger charge is 2.43. The largest absolute Gasteiger partial charge is 0.497 e. The first-order chi connectivity index (χ1) is 17.0. The van der Waals surface area contributed by atoms with Crippen molar-refractivity contribution in [3.63, 3.8) is 0 Å². The molecular weight excluding hydrogens is 462 g/mol. The molecule has 0 bridgehead atoms. The quantitative estimate of drug-likeness (QED) is 0.488. The van der Waals surface area contributed by atoms with E-state index in [1.54, 1.807) is 43.0 Å². The summed E-state index contributed by atoms with van der Waals surface area (Å²) in [6, 6.07) is 21.7. The average molecular weight is 492 g/mol. The lowest BCUT2D eigenvalue weighted by Gasteiger charge is -2.30. The van der Waals surface area contributed by atoms with Crippen molar-refractivity contribution in [3.8, 4) is 11.5 Å². The molecule has 0 aliphatic carbocycles. The number of nitrogens with zero attached hydrogens (tertiary/aromatic N) is 1. The van der Waals surface area contributed by atoms with E-state index in [4.69, 9.17) is 9.47 Å². The second kappa shape index (κ2) is 11.2. The second-order valence-electron chi connectivity index (χ2n) is 8.16. The molecule has 0 radical (unpaired) electrons. The number of nitrogens with one attached hydrogen (secondary N) is 2. The van der Waals surface area contributed by atoms with Gasteiger partial charge in [-0.2, -0.15) is 0 Å². The highest BCUT2D eigenvalue weighted by atomic mass is 32.2. The third-order valence-corrected chi connectivity index (χ3v) is 7.27. The van der Waals surface area contributed by atoms with Crippen LogP contribution >= 0.6 is 11.8 Å². The Labute approximate surface area is 209 Å². The zero-order valence-corrected chi connectivity index (χ0v) is 20.8. The van der Waals surface area contributed by atoms with Gasteiger partial charge < -0.3 is 20.1 Å². The lowest BCUT2D eigenvalue weighted by atomic mass is 10.1. The first-order valence-corrected chi connectivity index (χ1v) is 12.4. The Kier molecular flexibility index (Phi) is 7.82. The van der Waals surface area contributed by atoms with E-state index in [2.05, 4.69) is 10.6 Å². The molecule has 8 heteroatoms. The zero-order valence-electron chi connectivity index (χ0n) is 20.0. The van der Waals surface area contributed by atoms with Crippen LogP contribution in [0, 0.1) is 6.92 Å². The van der Waals surface area contributed by atoms with Crippen molar-refractivity contribution in [2.45, 2.75) is 24.9 Å². The van der Waals surface area contributed by atoms with Crippen molar-refractivity contribution in [3.05, 3.63) is 89.5 Å². The highest BCUT2D eigenvalue weighted by Crippen LogP contribution is 2.43. The van der Waals surface area contributed by atoms with Gasteiger partial charge in [0, 0.05) is 12.3 Å². The van der Waals surface area contributed by atoms with E-state index in [1.165, 1.54) is 0 Å². The van der Waals surface area contributed by atoms with Gasteiger partial charge in [-0.05, 0) is 47.9 Å². The molecule has 1 aliphatic rings. The van der Waals surface area contributed by atoms with E-state index in [1.807, 2.05) is 67.6 Å². The minimum atomic E-state index is -0.627. The zero-order chi connectivity index (χ0) is 24.8. The number of urea groups is 1. The van der Waals surface area contributed by atoms with Gasteiger partial charge in [-0.1, -0.05) is 48.5 Å². The summed E-state index contributed by atoms with van der Waals surface area (Å²) in [5.74, 6) is 1.61. The van der Waals surface area contributed by atoms with Crippen molar-refractivity contribution in [1.82, 2.24) is 10.2 Å². The predicted octanol–water partition coefficient (Wildman–Crippen LogP) is 4.98. The number of hydrogen-bond donors (Lipinski definition) is 2.